The van der Waals surface area contributed by atoms with Crippen molar-refractivity contribution in [2.75, 3.05) is 45.9 Å². The molecule has 1 aliphatic carbocycles. The molecule has 0 aromatic rings. The third kappa shape index (κ3) is 3.41. The number of Topliss-reactive ketones (excluding diaryl/α,β-unsaturated/α-hetero) is 1. The zero-order valence-corrected chi connectivity index (χ0v) is 12.6. The highest BCUT2D eigenvalue weighted by atomic mass is 16.5. The van der Waals surface area contributed by atoms with E-state index in [1.54, 1.807) is 0 Å². The van der Waals surface area contributed by atoms with Gasteiger partial charge in [0.25, 0.3) is 0 Å². The third-order valence-corrected chi connectivity index (χ3v) is 5.29. The van der Waals surface area contributed by atoms with Gasteiger partial charge in [0, 0.05) is 44.6 Å². The van der Waals surface area contributed by atoms with Crippen molar-refractivity contribution in [3.8, 4) is 0 Å². The summed E-state index contributed by atoms with van der Waals surface area (Å²) in [6.45, 7) is 7.37. The highest BCUT2D eigenvalue weighted by Gasteiger charge is 2.36. The number of carbonyl (C=O) groups excluding carboxylic acids is 1. The fourth-order valence-electron chi connectivity index (χ4n) is 4.10. The van der Waals surface area contributed by atoms with E-state index in [1.165, 1.54) is 25.8 Å². The molecule has 0 N–H and O–H groups in total. The van der Waals surface area contributed by atoms with E-state index in [2.05, 4.69) is 9.80 Å². The van der Waals surface area contributed by atoms with Crippen LogP contribution in [0.2, 0.25) is 0 Å². The molecule has 0 bridgehead atoms. The zero-order chi connectivity index (χ0) is 13.8. The van der Waals surface area contributed by atoms with Crippen LogP contribution in [0.4, 0.5) is 0 Å². The average molecular weight is 280 g/mol. The van der Waals surface area contributed by atoms with E-state index in [4.69, 9.17) is 4.74 Å². The topological polar surface area (TPSA) is 32.8 Å². The minimum Gasteiger partial charge on any atom is -0.379 e. The Labute approximate surface area is 122 Å². The van der Waals surface area contributed by atoms with Gasteiger partial charge in [-0.2, -0.15) is 0 Å². The Morgan fingerprint density at radius 1 is 1.00 bits per heavy atom. The Balaban J connectivity index is 1.51. The summed E-state index contributed by atoms with van der Waals surface area (Å²) in [6.07, 6.45) is 6.85. The van der Waals surface area contributed by atoms with E-state index < -0.39 is 0 Å². The van der Waals surface area contributed by atoms with Crippen LogP contribution in [-0.4, -0.2) is 67.6 Å². The summed E-state index contributed by atoms with van der Waals surface area (Å²) in [5.41, 5.74) is 0. The molecule has 2 atom stereocenters. The molecule has 4 nitrogen and oxygen atoms in total. The van der Waals surface area contributed by atoms with Gasteiger partial charge in [-0.05, 0) is 32.2 Å². The van der Waals surface area contributed by atoms with E-state index in [-0.39, 0.29) is 0 Å². The predicted molar refractivity (Wildman–Crippen MR) is 78.8 cm³/mol. The molecule has 2 unspecified atom stereocenters. The maximum atomic E-state index is 12.2. The van der Waals surface area contributed by atoms with Gasteiger partial charge >= 0.3 is 0 Å². The van der Waals surface area contributed by atoms with Gasteiger partial charge in [-0.1, -0.05) is 6.42 Å². The summed E-state index contributed by atoms with van der Waals surface area (Å²) >= 11 is 0. The van der Waals surface area contributed by atoms with Gasteiger partial charge in [-0.25, -0.2) is 0 Å². The molecule has 2 aliphatic heterocycles. The molecule has 2 saturated heterocycles. The Morgan fingerprint density at radius 2 is 1.85 bits per heavy atom. The molecule has 4 heteroatoms. The standard InChI is InChI=1S/C16H28N2O2/c19-16-6-2-1-4-14(16)15-5-3-7-18(15)9-8-17-10-12-20-13-11-17/h14-15H,1-13H2. The second kappa shape index (κ2) is 7.01. The molecule has 0 radical (unpaired) electrons. The Kier molecular flexibility index (Phi) is 5.08. The fourth-order valence-corrected chi connectivity index (χ4v) is 4.10. The molecule has 0 spiro atoms. The molecule has 0 aromatic heterocycles. The molecule has 2 heterocycles. The number of nitrogens with zero attached hydrogens (tertiary/aromatic N) is 2. The number of carbonyl (C=O) groups is 1. The molecule has 1 saturated carbocycles. The van der Waals surface area contributed by atoms with Crippen LogP contribution >= 0.6 is 0 Å². The molecule has 3 aliphatic rings. The number of rotatable bonds is 4. The van der Waals surface area contributed by atoms with Crippen molar-refractivity contribution in [1.82, 2.24) is 9.80 Å². The van der Waals surface area contributed by atoms with Gasteiger partial charge in [-0.15, -0.1) is 0 Å². The minimum atomic E-state index is 0.343. The Morgan fingerprint density at radius 3 is 2.65 bits per heavy atom. The van der Waals surface area contributed by atoms with E-state index in [1.807, 2.05) is 0 Å². The van der Waals surface area contributed by atoms with Gasteiger partial charge < -0.3 is 4.74 Å². The summed E-state index contributed by atoms with van der Waals surface area (Å²) in [5.74, 6) is 0.885. The van der Waals surface area contributed by atoms with Gasteiger partial charge in [0.15, 0.2) is 0 Å². The molecule has 3 rings (SSSR count). The molecular weight excluding hydrogens is 252 g/mol. The molecule has 0 amide bonds. The van der Waals surface area contributed by atoms with Crippen LogP contribution in [0.3, 0.4) is 0 Å². The lowest BCUT2D eigenvalue weighted by molar-refractivity contribution is -0.126. The van der Waals surface area contributed by atoms with Crippen molar-refractivity contribution in [2.24, 2.45) is 5.92 Å². The first-order chi connectivity index (χ1) is 9.84. The van der Waals surface area contributed by atoms with Gasteiger partial charge in [0.05, 0.1) is 13.2 Å². The summed E-state index contributed by atoms with van der Waals surface area (Å²) < 4.78 is 5.40. The van der Waals surface area contributed by atoms with Crippen molar-refractivity contribution in [3.05, 3.63) is 0 Å². The molecule has 114 valence electrons. The number of ketones is 1. The van der Waals surface area contributed by atoms with Crippen LogP contribution in [0, 0.1) is 5.92 Å². The molecule has 3 fully saturated rings. The number of hydrogen-bond acceptors (Lipinski definition) is 4. The largest absolute Gasteiger partial charge is 0.379 e. The van der Waals surface area contributed by atoms with Crippen molar-refractivity contribution < 1.29 is 9.53 Å². The van der Waals surface area contributed by atoms with Crippen LogP contribution in [0.1, 0.15) is 38.5 Å². The van der Waals surface area contributed by atoms with Crippen molar-refractivity contribution in [1.29, 1.82) is 0 Å². The van der Waals surface area contributed by atoms with Crippen LogP contribution < -0.4 is 0 Å². The molecule has 20 heavy (non-hydrogen) atoms. The van der Waals surface area contributed by atoms with E-state index >= 15 is 0 Å². The average Bonchev–Trinajstić information content (AvgIpc) is 2.95. The second-order valence-corrected chi connectivity index (χ2v) is 6.52. The van der Waals surface area contributed by atoms with Gasteiger partial charge in [-0.3, -0.25) is 14.6 Å². The number of ether oxygens (including phenoxy) is 1. The Bertz CT molecular complexity index is 328. The third-order valence-electron chi connectivity index (χ3n) is 5.29. The van der Waals surface area contributed by atoms with Crippen molar-refractivity contribution in [2.45, 2.75) is 44.6 Å². The first-order valence-electron chi connectivity index (χ1n) is 8.41. The first kappa shape index (κ1) is 14.5. The second-order valence-electron chi connectivity index (χ2n) is 6.52. The van der Waals surface area contributed by atoms with Gasteiger partial charge in [0.1, 0.15) is 5.78 Å². The lowest BCUT2D eigenvalue weighted by Crippen LogP contribution is -2.45. The maximum Gasteiger partial charge on any atom is 0.137 e. The number of morpholine rings is 1. The monoisotopic (exact) mass is 280 g/mol. The number of hydrogen-bond donors (Lipinski definition) is 0. The summed E-state index contributed by atoms with van der Waals surface area (Å²) in [7, 11) is 0. The molecule has 0 aromatic carbocycles. The highest BCUT2D eigenvalue weighted by molar-refractivity contribution is 5.82. The summed E-state index contributed by atoms with van der Waals surface area (Å²) in [6, 6.07) is 0.545. The quantitative estimate of drug-likeness (QED) is 0.782. The smallest absolute Gasteiger partial charge is 0.137 e. The van der Waals surface area contributed by atoms with E-state index in [0.717, 1.165) is 58.7 Å². The maximum absolute atomic E-state index is 12.2. The zero-order valence-electron chi connectivity index (χ0n) is 12.6. The summed E-state index contributed by atoms with van der Waals surface area (Å²) in [5, 5.41) is 0. The van der Waals surface area contributed by atoms with Crippen LogP contribution in [-0.2, 0) is 9.53 Å². The molecular formula is C16H28N2O2. The Hall–Kier alpha value is -0.450. The van der Waals surface area contributed by atoms with Crippen LogP contribution in [0.15, 0.2) is 0 Å². The van der Waals surface area contributed by atoms with Crippen molar-refractivity contribution >= 4 is 5.78 Å². The highest BCUT2D eigenvalue weighted by Crippen LogP contribution is 2.32. The number of likely N-dealkylation sites (tertiary alicyclic amines) is 1. The van der Waals surface area contributed by atoms with Crippen LogP contribution in [0.25, 0.3) is 0 Å². The fraction of sp³-hybridized carbons (Fsp3) is 0.938. The van der Waals surface area contributed by atoms with Crippen molar-refractivity contribution in [3.63, 3.8) is 0 Å². The SMILES string of the molecule is O=C1CCCCC1C1CCCN1CCN1CCOCC1. The van der Waals surface area contributed by atoms with Gasteiger partial charge in [0.2, 0.25) is 0 Å². The lowest BCUT2D eigenvalue weighted by Gasteiger charge is -2.35. The predicted octanol–water partition coefficient (Wildman–Crippen LogP) is 1.54. The lowest BCUT2D eigenvalue weighted by atomic mass is 9.82. The van der Waals surface area contributed by atoms with E-state index in [0.29, 0.717) is 17.7 Å². The van der Waals surface area contributed by atoms with Crippen LogP contribution in [0.5, 0.6) is 0 Å². The minimum absolute atomic E-state index is 0.343. The normalized spacial score (nSPS) is 33.7. The first-order valence-corrected chi connectivity index (χ1v) is 8.41. The summed E-state index contributed by atoms with van der Waals surface area (Å²) in [4.78, 5) is 17.3. The van der Waals surface area contributed by atoms with E-state index in [9.17, 15) is 4.79 Å².